The van der Waals surface area contributed by atoms with Crippen molar-refractivity contribution < 1.29 is 14.3 Å². The number of nitrogens with zero attached hydrogens (tertiary/aromatic N) is 2. The maximum absolute atomic E-state index is 12.7. The van der Waals surface area contributed by atoms with Gasteiger partial charge in [0.15, 0.2) is 0 Å². The number of hydrogen-bond acceptors (Lipinski definition) is 5. The highest BCUT2D eigenvalue weighted by atomic mass is 16.5. The maximum atomic E-state index is 12.7. The summed E-state index contributed by atoms with van der Waals surface area (Å²) in [4.78, 5) is 19.6. The van der Waals surface area contributed by atoms with Gasteiger partial charge < -0.3 is 14.8 Å². The van der Waals surface area contributed by atoms with Crippen molar-refractivity contribution in [2.45, 2.75) is 13.8 Å². The molecule has 30 heavy (non-hydrogen) atoms. The van der Waals surface area contributed by atoms with E-state index in [1.54, 1.807) is 0 Å². The summed E-state index contributed by atoms with van der Waals surface area (Å²) in [6.45, 7) is 9.29. The standard InChI is InChI=1S/C23H30N4O3/c1-3-30-21-10-8-20(9-11-21)25-23(24-12-13-27-14-16-29-17-15-27)26-22(28)19-6-4-18(2)5-7-19/h4-11H,3,12-17H2,1-2H3,(H2,24,25,26,28). The molecule has 2 aromatic carbocycles. The average Bonchev–Trinajstić information content (AvgIpc) is 2.76. The Bertz CT molecular complexity index is 829. The number of guanidine groups is 1. The van der Waals surface area contributed by atoms with Gasteiger partial charge in [-0.1, -0.05) is 17.7 Å². The Hall–Kier alpha value is -2.90. The van der Waals surface area contributed by atoms with Crippen LogP contribution in [0.5, 0.6) is 5.75 Å². The summed E-state index contributed by atoms with van der Waals surface area (Å²) in [5.41, 5.74) is 2.53. The zero-order valence-electron chi connectivity index (χ0n) is 17.7. The fourth-order valence-corrected chi connectivity index (χ4v) is 3.06. The largest absolute Gasteiger partial charge is 0.494 e. The summed E-state index contributed by atoms with van der Waals surface area (Å²) in [5.74, 6) is 1.04. The molecule has 2 aromatic rings. The van der Waals surface area contributed by atoms with Crippen LogP contribution in [0, 0.1) is 6.92 Å². The van der Waals surface area contributed by atoms with Gasteiger partial charge in [-0.25, -0.2) is 0 Å². The number of rotatable bonds is 7. The van der Waals surface area contributed by atoms with Gasteiger partial charge in [-0.2, -0.15) is 0 Å². The number of aliphatic imine (C=N–C) groups is 1. The molecular formula is C23H30N4O3. The molecule has 1 amide bonds. The van der Waals surface area contributed by atoms with Gasteiger partial charge in [-0.05, 0) is 50.2 Å². The molecule has 0 aliphatic carbocycles. The smallest absolute Gasteiger partial charge is 0.257 e. The van der Waals surface area contributed by atoms with Crippen molar-refractivity contribution in [2.24, 2.45) is 4.99 Å². The summed E-state index contributed by atoms with van der Waals surface area (Å²) >= 11 is 0. The quantitative estimate of drug-likeness (QED) is 0.542. The van der Waals surface area contributed by atoms with Gasteiger partial charge in [-0.15, -0.1) is 0 Å². The van der Waals surface area contributed by atoms with Gasteiger partial charge in [0.2, 0.25) is 5.96 Å². The van der Waals surface area contributed by atoms with E-state index in [1.165, 1.54) is 0 Å². The lowest BCUT2D eigenvalue weighted by atomic mass is 10.1. The van der Waals surface area contributed by atoms with Crippen LogP contribution in [0.3, 0.4) is 0 Å². The van der Waals surface area contributed by atoms with Crippen molar-refractivity contribution >= 4 is 17.6 Å². The van der Waals surface area contributed by atoms with E-state index in [1.807, 2.05) is 62.4 Å². The van der Waals surface area contributed by atoms with E-state index >= 15 is 0 Å². The zero-order valence-corrected chi connectivity index (χ0v) is 17.7. The number of hydrogen-bond donors (Lipinski definition) is 2. The van der Waals surface area contributed by atoms with Crippen molar-refractivity contribution in [3.63, 3.8) is 0 Å². The van der Waals surface area contributed by atoms with Gasteiger partial charge >= 0.3 is 0 Å². The molecule has 0 saturated carbocycles. The molecule has 0 unspecified atom stereocenters. The third kappa shape index (κ3) is 6.86. The van der Waals surface area contributed by atoms with E-state index in [2.05, 4.69) is 20.5 Å². The van der Waals surface area contributed by atoms with E-state index in [-0.39, 0.29) is 5.91 Å². The minimum absolute atomic E-state index is 0.196. The monoisotopic (exact) mass is 410 g/mol. The fraction of sp³-hybridized carbons (Fsp3) is 0.391. The van der Waals surface area contributed by atoms with Gasteiger partial charge in [0.25, 0.3) is 5.91 Å². The Morgan fingerprint density at radius 2 is 1.80 bits per heavy atom. The minimum atomic E-state index is -0.196. The molecule has 0 bridgehead atoms. The predicted octanol–water partition coefficient (Wildman–Crippen LogP) is 2.92. The van der Waals surface area contributed by atoms with E-state index in [9.17, 15) is 4.79 Å². The molecule has 0 aromatic heterocycles. The highest BCUT2D eigenvalue weighted by Crippen LogP contribution is 2.15. The second kappa shape index (κ2) is 11.3. The van der Waals surface area contributed by atoms with Crippen molar-refractivity contribution in [1.82, 2.24) is 10.2 Å². The number of carbonyl (C=O) groups excluding carboxylic acids is 1. The number of ether oxygens (including phenoxy) is 2. The summed E-state index contributed by atoms with van der Waals surface area (Å²) in [7, 11) is 0. The highest BCUT2D eigenvalue weighted by molar-refractivity contribution is 6.09. The number of anilines is 1. The molecule has 0 atom stereocenters. The molecule has 1 heterocycles. The first-order chi connectivity index (χ1) is 14.6. The number of nitrogens with one attached hydrogen (secondary N) is 2. The molecular weight excluding hydrogens is 380 g/mol. The Morgan fingerprint density at radius 3 is 2.47 bits per heavy atom. The summed E-state index contributed by atoms with van der Waals surface area (Å²) in [6.07, 6.45) is 0. The molecule has 0 spiro atoms. The molecule has 1 fully saturated rings. The number of aryl methyl sites for hydroxylation is 1. The van der Waals surface area contributed by atoms with Gasteiger partial charge in [0.1, 0.15) is 5.75 Å². The topological polar surface area (TPSA) is 75.2 Å². The molecule has 1 aliphatic rings. The molecule has 2 N–H and O–H groups in total. The summed E-state index contributed by atoms with van der Waals surface area (Å²) in [6, 6.07) is 15.0. The first-order valence-electron chi connectivity index (χ1n) is 10.4. The van der Waals surface area contributed by atoms with Gasteiger partial charge in [0, 0.05) is 30.9 Å². The first-order valence-corrected chi connectivity index (χ1v) is 10.4. The molecule has 7 nitrogen and oxygen atoms in total. The maximum Gasteiger partial charge on any atom is 0.257 e. The Labute approximate surface area is 178 Å². The second-order valence-electron chi connectivity index (χ2n) is 7.09. The van der Waals surface area contributed by atoms with E-state index < -0.39 is 0 Å². The van der Waals surface area contributed by atoms with Crippen molar-refractivity contribution in [1.29, 1.82) is 0 Å². The first kappa shape index (κ1) is 21.8. The highest BCUT2D eigenvalue weighted by Gasteiger charge is 2.12. The van der Waals surface area contributed by atoms with Gasteiger partial charge in [0.05, 0.1) is 26.4 Å². The number of carbonyl (C=O) groups is 1. The van der Waals surface area contributed by atoms with Crippen LogP contribution in [0.4, 0.5) is 5.69 Å². The van der Waals surface area contributed by atoms with Crippen LogP contribution in [0.15, 0.2) is 53.5 Å². The molecule has 0 radical (unpaired) electrons. The van der Waals surface area contributed by atoms with Gasteiger partial charge in [-0.3, -0.25) is 20.0 Å². The van der Waals surface area contributed by atoms with Crippen LogP contribution in [-0.2, 0) is 4.74 Å². The van der Waals surface area contributed by atoms with Crippen molar-refractivity contribution in [3.05, 3.63) is 59.7 Å². The van der Waals surface area contributed by atoms with E-state index in [0.717, 1.165) is 49.8 Å². The van der Waals surface area contributed by atoms with Crippen LogP contribution in [0.1, 0.15) is 22.8 Å². The van der Waals surface area contributed by atoms with Crippen LogP contribution >= 0.6 is 0 Å². The summed E-state index contributed by atoms with van der Waals surface area (Å²) < 4.78 is 10.9. The third-order valence-corrected chi connectivity index (χ3v) is 4.76. The summed E-state index contributed by atoms with van der Waals surface area (Å²) in [5, 5.41) is 6.12. The Kier molecular flexibility index (Phi) is 8.23. The third-order valence-electron chi connectivity index (χ3n) is 4.76. The predicted molar refractivity (Wildman–Crippen MR) is 119 cm³/mol. The zero-order chi connectivity index (χ0) is 21.2. The van der Waals surface area contributed by atoms with Crippen molar-refractivity contribution in [2.75, 3.05) is 51.3 Å². The molecule has 160 valence electrons. The normalized spacial score (nSPS) is 14.9. The van der Waals surface area contributed by atoms with E-state index in [4.69, 9.17) is 9.47 Å². The van der Waals surface area contributed by atoms with Crippen LogP contribution in [0.25, 0.3) is 0 Å². The molecule has 3 rings (SSSR count). The van der Waals surface area contributed by atoms with Crippen LogP contribution < -0.4 is 15.4 Å². The lowest BCUT2D eigenvalue weighted by Crippen LogP contribution is -2.39. The number of benzene rings is 2. The molecule has 1 saturated heterocycles. The number of morpholine rings is 1. The lowest BCUT2D eigenvalue weighted by molar-refractivity contribution is 0.0394. The SMILES string of the molecule is CCOc1ccc(NC(=NCCN2CCOCC2)NC(=O)c2ccc(C)cc2)cc1. The fourth-order valence-electron chi connectivity index (χ4n) is 3.06. The van der Waals surface area contributed by atoms with Crippen molar-refractivity contribution in [3.8, 4) is 5.75 Å². The lowest BCUT2D eigenvalue weighted by Gasteiger charge is -2.25. The molecule has 7 heteroatoms. The van der Waals surface area contributed by atoms with Crippen LogP contribution in [0.2, 0.25) is 0 Å². The molecule has 1 aliphatic heterocycles. The number of amides is 1. The minimum Gasteiger partial charge on any atom is -0.494 e. The Morgan fingerprint density at radius 1 is 1.10 bits per heavy atom. The van der Waals surface area contributed by atoms with Crippen LogP contribution in [-0.4, -0.2) is 62.8 Å². The van der Waals surface area contributed by atoms with E-state index in [0.29, 0.717) is 24.7 Å². The second-order valence-corrected chi connectivity index (χ2v) is 7.09. The average molecular weight is 411 g/mol. The Balaban J connectivity index is 1.67.